The predicted molar refractivity (Wildman–Crippen MR) is 76.4 cm³/mol. The molecule has 0 saturated carbocycles. The van der Waals surface area contributed by atoms with Crippen molar-refractivity contribution in [2.75, 3.05) is 33.4 Å². The molecule has 5 heteroatoms. The van der Waals surface area contributed by atoms with Crippen molar-refractivity contribution in [2.45, 2.75) is 19.9 Å². The summed E-state index contributed by atoms with van der Waals surface area (Å²) in [6.07, 6.45) is 0. The van der Waals surface area contributed by atoms with Crippen LogP contribution >= 0.6 is 0 Å². The molecule has 0 bridgehead atoms. The third-order valence-corrected chi connectivity index (χ3v) is 3.06. The van der Waals surface area contributed by atoms with Gasteiger partial charge < -0.3 is 10.5 Å². The first-order chi connectivity index (χ1) is 9.43. The minimum absolute atomic E-state index is 0.347. The number of nitrogens with two attached hydrogens (primary N) is 1. The first-order valence-electron chi connectivity index (χ1n) is 6.85. The predicted octanol–water partition coefficient (Wildman–Crippen LogP) is 2.57. The lowest BCUT2D eigenvalue weighted by atomic mass is 10.1. The number of nitrogens with zero attached hydrogens (tertiary/aromatic N) is 1. The SMILES string of the molecule is COCCN(CC(C)C)CC(N)c1ccc(F)c(F)c1. The molecule has 3 nitrogen and oxygen atoms in total. The van der Waals surface area contributed by atoms with E-state index in [0.29, 0.717) is 24.6 Å². The van der Waals surface area contributed by atoms with E-state index < -0.39 is 11.6 Å². The topological polar surface area (TPSA) is 38.5 Å². The molecule has 1 atom stereocenters. The maximum absolute atomic E-state index is 13.2. The van der Waals surface area contributed by atoms with Gasteiger partial charge in [-0.1, -0.05) is 19.9 Å². The van der Waals surface area contributed by atoms with Gasteiger partial charge in [-0.3, -0.25) is 4.90 Å². The number of benzene rings is 1. The Morgan fingerprint density at radius 2 is 1.90 bits per heavy atom. The minimum Gasteiger partial charge on any atom is -0.383 e. The van der Waals surface area contributed by atoms with Crippen molar-refractivity contribution in [1.82, 2.24) is 4.90 Å². The molecule has 20 heavy (non-hydrogen) atoms. The monoisotopic (exact) mass is 286 g/mol. The molecule has 1 unspecified atom stereocenters. The van der Waals surface area contributed by atoms with Crippen molar-refractivity contribution in [3.63, 3.8) is 0 Å². The quantitative estimate of drug-likeness (QED) is 0.798. The lowest BCUT2D eigenvalue weighted by molar-refractivity contribution is 0.136. The zero-order valence-corrected chi connectivity index (χ0v) is 12.4. The number of hydrogen-bond acceptors (Lipinski definition) is 3. The van der Waals surface area contributed by atoms with E-state index in [2.05, 4.69) is 18.7 Å². The zero-order valence-electron chi connectivity index (χ0n) is 12.4. The molecule has 0 aromatic heterocycles. The second-order valence-corrected chi connectivity index (χ2v) is 5.43. The van der Waals surface area contributed by atoms with E-state index in [9.17, 15) is 8.78 Å². The highest BCUT2D eigenvalue weighted by Gasteiger charge is 2.15. The third-order valence-electron chi connectivity index (χ3n) is 3.06. The molecule has 0 heterocycles. The Morgan fingerprint density at radius 3 is 2.45 bits per heavy atom. The summed E-state index contributed by atoms with van der Waals surface area (Å²) in [5.74, 6) is -1.20. The normalized spacial score (nSPS) is 13.2. The first-order valence-corrected chi connectivity index (χ1v) is 6.85. The molecule has 0 radical (unpaired) electrons. The Balaban J connectivity index is 2.67. The van der Waals surface area contributed by atoms with Gasteiger partial charge in [-0.2, -0.15) is 0 Å². The van der Waals surface area contributed by atoms with Crippen LogP contribution in [0.1, 0.15) is 25.5 Å². The lowest BCUT2D eigenvalue weighted by Crippen LogP contribution is -2.37. The molecule has 0 amide bonds. The van der Waals surface area contributed by atoms with Crippen LogP contribution < -0.4 is 5.73 Å². The summed E-state index contributed by atoms with van der Waals surface area (Å²) in [4.78, 5) is 2.18. The summed E-state index contributed by atoms with van der Waals surface area (Å²) >= 11 is 0. The molecule has 0 aliphatic heterocycles. The first kappa shape index (κ1) is 17.0. The minimum atomic E-state index is -0.856. The highest BCUT2D eigenvalue weighted by atomic mass is 19.2. The molecule has 1 aromatic carbocycles. The second-order valence-electron chi connectivity index (χ2n) is 5.43. The lowest BCUT2D eigenvalue weighted by Gasteiger charge is -2.27. The van der Waals surface area contributed by atoms with Gasteiger partial charge in [-0.05, 0) is 23.6 Å². The number of hydrogen-bond donors (Lipinski definition) is 1. The van der Waals surface area contributed by atoms with E-state index >= 15 is 0 Å². The summed E-state index contributed by atoms with van der Waals surface area (Å²) in [7, 11) is 1.66. The Labute approximate surface area is 119 Å². The maximum atomic E-state index is 13.2. The smallest absolute Gasteiger partial charge is 0.159 e. The van der Waals surface area contributed by atoms with E-state index in [1.807, 2.05) is 0 Å². The number of ether oxygens (including phenoxy) is 1. The molecule has 1 aromatic rings. The standard InChI is InChI=1S/C15H24F2N2O/c1-11(2)9-19(6-7-20-3)10-15(18)12-4-5-13(16)14(17)8-12/h4-5,8,11,15H,6-7,9-10,18H2,1-3H3. The van der Waals surface area contributed by atoms with Crippen LogP contribution in [0, 0.1) is 17.6 Å². The van der Waals surface area contributed by atoms with Crippen molar-refractivity contribution in [1.29, 1.82) is 0 Å². The highest BCUT2D eigenvalue weighted by molar-refractivity contribution is 5.21. The Hall–Kier alpha value is -1.04. The molecular formula is C15H24F2N2O. The Kier molecular flexibility index (Phi) is 7.05. The van der Waals surface area contributed by atoms with Gasteiger partial charge in [0.2, 0.25) is 0 Å². The summed E-state index contributed by atoms with van der Waals surface area (Å²) < 4.78 is 31.2. The average Bonchev–Trinajstić information content (AvgIpc) is 2.38. The van der Waals surface area contributed by atoms with Crippen molar-refractivity contribution in [3.8, 4) is 0 Å². The van der Waals surface area contributed by atoms with Crippen LogP contribution in [0.2, 0.25) is 0 Å². The molecule has 0 aliphatic rings. The molecule has 2 N–H and O–H groups in total. The molecule has 0 fully saturated rings. The molecule has 0 spiro atoms. The molecular weight excluding hydrogens is 262 g/mol. The van der Waals surface area contributed by atoms with Crippen LogP contribution in [0.25, 0.3) is 0 Å². The van der Waals surface area contributed by atoms with E-state index in [0.717, 1.165) is 19.2 Å². The fourth-order valence-corrected chi connectivity index (χ4v) is 2.12. The fourth-order valence-electron chi connectivity index (χ4n) is 2.12. The van der Waals surface area contributed by atoms with Gasteiger partial charge in [0, 0.05) is 32.8 Å². The van der Waals surface area contributed by atoms with Gasteiger partial charge in [0.1, 0.15) is 0 Å². The van der Waals surface area contributed by atoms with Crippen molar-refractivity contribution < 1.29 is 13.5 Å². The highest BCUT2D eigenvalue weighted by Crippen LogP contribution is 2.16. The third kappa shape index (κ3) is 5.53. The summed E-state index contributed by atoms with van der Waals surface area (Å²) in [6, 6.07) is 3.48. The molecule has 0 aliphatic carbocycles. The van der Waals surface area contributed by atoms with Crippen LogP contribution in [0.3, 0.4) is 0 Å². The van der Waals surface area contributed by atoms with Gasteiger partial charge in [-0.25, -0.2) is 8.78 Å². The van der Waals surface area contributed by atoms with Crippen molar-refractivity contribution >= 4 is 0 Å². The molecule has 0 saturated heterocycles. The summed E-state index contributed by atoms with van der Waals surface area (Å²) in [5.41, 5.74) is 6.70. The average molecular weight is 286 g/mol. The number of methoxy groups -OCH3 is 1. The van der Waals surface area contributed by atoms with Crippen LogP contribution in [0.15, 0.2) is 18.2 Å². The van der Waals surface area contributed by atoms with Gasteiger partial charge in [0.15, 0.2) is 11.6 Å². The van der Waals surface area contributed by atoms with E-state index in [1.54, 1.807) is 7.11 Å². The van der Waals surface area contributed by atoms with E-state index in [1.165, 1.54) is 12.1 Å². The largest absolute Gasteiger partial charge is 0.383 e. The summed E-state index contributed by atoms with van der Waals surface area (Å²) in [6.45, 7) is 7.13. The van der Waals surface area contributed by atoms with E-state index in [-0.39, 0.29) is 6.04 Å². The van der Waals surface area contributed by atoms with Crippen LogP contribution in [-0.4, -0.2) is 38.3 Å². The van der Waals surface area contributed by atoms with Crippen LogP contribution in [-0.2, 0) is 4.74 Å². The summed E-state index contributed by atoms with van der Waals surface area (Å²) in [5, 5.41) is 0. The van der Waals surface area contributed by atoms with Gasteiger partial charge >= 0.3 is 0 Å². The van der Waals surface area contributed by atoms with Crippen molar-refractivity contribution in [3.05, 3.63) is 35.4 Å². The van der Waals surface area contributed by atoms with Gasteiger partial charge in [-0.15, -0.1) is 0 Å². The second kappa shape index (κ2) is 8.29. The number of halogens is 2. The number of rotatable bonds is 8. The Morgan fingerprint density at radius 1 is 1.20 bits per heavy atom. The zero-order chi connectivity index (χ0) is 15.1. The van der Waals surface area contributed by atoms with Gasteiger partial charge in [0.05, 0.1) is 6.61 Å². The van der Waals surface area contributed by atoms with Crippen LogP contribution in [0.4, 0.5) is 8.78 Å². The van der Waals surface area contributed by atoms with Crippen molar-refractivity contribution in [2.24, 2.45) is 11.7 Å². The fraction of sp³-hybridized carbons (Fsp3) is 0.600. The Bertz CT molecular complexity index is 413. The molecule has 114 valence electrons. The van der Waals surface area contributed by atoms with Crippen LogP contribution in [0.5, 0.6) is 0 Å². The van der Waals surface area contributed by atoms with Gasteiger partial charge in [0.25, 0.3) is 0 Å². The van der Waals surface area contributed by atoms with E-state index in [4.69, 9.17) is 10.5 Å². The maximum Gasteiger partial charge on any atom is 0.159 e. The molecule has 1 rings (SSSR count).